The molecule has 5 nitrogen and oxygen atoms in total. The summed E-state index contributed by atoms with van der Waals surface area (Å²) in [5.41, 5.74) is 1.94. The summed E-state index contributed by atoms with van der Waals surface area (Å²) in [4.78, 5) is 10.7. The van der Waals surface area contributed by atoms with Crippen molar-refractivity contribution in [2.75, 3.05) is 32.6 Å². The van der Waals surface area contributed by atoms with Crippen LogP contribution in [-0.2, 0) is 13.0 Å². The maximum atomic E-state index is 13.1. The minimum absolute atomic E-state index is 0.203. The zero-order valence-electron chi connectivity index (χ0n) is 13.6. The minimum atomic E-state index is -0.203. The predicted octanol–water partition coefficient (Wildman–Crippen LogP) is 2.26. The van der Waals surface area contributed by atoms with Crippen LogP contribution in [0.1, 0.15) is 11.3 Å². The predicted molar refractivity (Wildman–Crippen MR) is 94.7 cm³/mol. The second-order valence-corrected chi connectivity index (χ2v) is 6.08. The first-order chi connectivity index (χ1) is 11.1. The van der Waals surface area contributed by atoms with Gasteiger partial charge in [0.25, 0.3) is 0 Å². The van der Waals surface area contributed by atoms with Gasteiger partial charge in [-0.05, 0) is 24.1 Å². The maximum Gasteiger partial charge on any atom is 0.191 e. The summed E-state index contributed by atoms with van der Waals surface area (Å²) in [6, 6.07) is 6.64. The number of rotatable bonds is 6. The van der Waals surface area contributed by atoms with E-state index in [9.17, 15) is 4.39 Å². The van der Waals surface area contributed by atoms with Crippen LogP contribution in [0.15, 0.2) is 34.6 Å². The van der Waals surface area contributed by atoms with Gasteiger partial charge in [0.2, 0.25) is 0 Å². The number of aliphatic imine (C=N–C) groups is 1. The van der Waals surface area contributed by atoms with Gasteiger partial charge in [0, 0.05) is 33.1 Å². The van der Waals surface area contributed by atoms with Crippen LogP contribution < -0.4 is 15.5 Å². The summed E-state index contributed by atoms with van der Waals surface area (Å²) in [7, 11) is 5.68. The molecule has 0 saturated carbocycles. The number of benzene rings is 1. The van der Waals surface area contributed by atoms with E-state index in [0.29, 0.717) is 19.0 Å². The van der Waals surface area contributed by atoms with Gasteiger partial charge in [0.15, 0.2) is 11.1 Å². The van der Waals surface area contributed by atoms with E-state index >= 15 is 0 Å². The van der Waals surface area contributed by atoms with Crippen molar-refractivity contribution in [3.8, 4) is 0 Å². The van der Waals surface area contributed by atoms with Crippen LogP contribution in [-0.4, -0.2) is 38.6 Å². The minimum Gasteiger partial charge on any atom is -0.356 e. The molecule has 0 fully saturated rings. The summed E-state index contributed by atoms with van der Waals surface area (Å²) in [5, 5.41) is 9.46. The second-order valence-electron chi connectivity index (χ2n) is 5.25. The highest BCUT2D eigenvalue weighted by molar-refractivity contribution is 7.13. The standard InChI is InChI=1S/C16H22FN5S/c1-18-15(19-8-7-12-5-4-6-13(17)9-12)20-10-14-11-23-16(21-14)22(2)3/h4-6,9,11H,7-8,10H2,1-3H3,(H2,18,19,20). The Morgan fingerprint density at radius 3 is 2.83 bits per heavy atom. The van der Waals surface area contributed by atoms with Gasteiger partial charge in [-0.1, -0.05) is 12.1 Å². The summed E-state index contributed by atoms with van der Waals surface area (Å²) in [6.45, 7) is 1.30. The lowest BCUT2D eigenvalue weighted by molar-refractivity contribution is 0.625. The summed E-state index contributed by atoms with van der Waals surface area (Å²) in [5.74, 6) is 0.506. The second kappa shape index (κ2) is 8.47. The number of nitrogens with zero attached hydrogens (tertiary/aromatic N) is 3. The van der Waals surface area contributed by atoms with Gasteiger partial charge >= 0.3 is 0 Å². The fraction of sp³-hybridized carbons (Fsp3) is 0.375. The molecule has 0 saturated heterocycles. The molecule has 0 spiro atoms. The zero-order valence-corrected chi connectivity index (χ0v) is 14.5. The van der Waals surface area contributed by atoms with Gasteiger partial charge in [-0.15, -0.1) is 11.3 Å². The molecule has 2 rings (SSSR count). The molecule has 23 heavy (non-hydrogen) atoms. The largest absolute Gasteiger partial charge is 0.356 e. The SMILES string of the molecule is CN=C(NCCc1cccc(F)c1)NCc1csc(N(C)C)n1. The van der Waals surface area contributed by atoms with E-state index in [1.807, 2.05) is 30.4 Å². The monoisotopic (exact) mass is 335 g/mol. The van der Waals surface area contributed by atoms with E-state index in [0.717, 1.165) is 22.8 Å². The van der Waals surface area contributed by atoms with Crippen molar-refractivity contribution >= 4 is 22.4 Å². The van der Waals surface area contributed by atoms with E-state index in [1.54, 1.807) is 30.5 Å². The lowest BCUT2D eigenvalue weighted by Crippen LogP contribution is -2.37. The number of hydrogen-bond donors (Lipinski definition) is 2. The van der Waals surface area contributed by atoms with Crippen LogP contribution in [0.2, 0.25) is 0 Å². The number of aromatic nitrogens is 1. The average Bonchev–Trinajstić information content (AvgIpc) is 3.00. The third-order valence-electron chi connectivity index (χ3n) is 3.18. The van der Waals surface area contributed by atoms with Crippen LogP contribution in [0.5, 0.6) is 0 Å². The van der Waals surface area contributed by atoms with E-state index in [1.165, 1.54) is 6.07 Å². The molecule has 7 heteroatoms. The number of nitrogens with one attached hydrogen (secondary N) is 2. The van der Waals surface area contributed by atoms with Crippen molar-refractivity contribution in [1.29, 1.82) is 0 Å². The van der Waals surface area contributed by atoms with E-state index in [-0.39, 0.29) is 5.82 Å². The molecule has 1 aromatic heterocycles. The maximum absolute atomic E-state index is 13.1. The first-order valence-electron chi connectivity index (χ1n) is 7.39. The molecule has 0 bridgehead atoms. The van der Waals surface area contributed by atoms with Crippen molar-refractivity contribution < 1.29 is 4.39 Å². The summed E-state index contributed by atoms with van der Waals surface area (Å²) in [6.07, 6.45) is 0.736. The highest BCUT2D eigenvalue weighted by atomic mass is 32.1. The molecule has 1 aromatic carbocycles. The molecule has 0 aliphatic heterocycles. The van der Waals surface area contributed by atoms with Crippen LogP contribution in [0, 0.1) is 5.82 Å². The Bertz CT molecular complexity index is 653. The normalized spacial score (nSPS) is 11.4. The molecule has 2 N–H and O–H groups in total. The molecular weight excluding hydrogens is 313 g/mol. The Morgan fingerprint density at radius 2 is 2.17 bits per heavy atom. The number of guanidine groups is 1. The molecule has 0 aliphatic carbocycles. The number of anilines is 1. The molecule has 0 radical (unpaired) electrons. The van der Waals surface area contributed by atoms with Crippen molar-refractivity contribution in [3.05, 3.63) is 46.7 Å². The fourth-order valence-electron chi connectivity index (χ4n) is 2.00. The smallest absolute Gasteiger partial charge is 0.191 e. The molecule has 1 heterocycles. The molecule has 0 unspecified atom stereocenters. The Morgan fingerprint density at radius 1 is 1.35 bits per heavy atom. The van der Waals surface area contributed by atoms with E-state index in [4.69, 9.17) is 0 Å². The Hall–Kier alpha value is -2.15. The molecule has 0 aliphatic rings. The van der Waals surface area contributed by atoms with Crippen LogP contribution in [0.3, 0.4) is 0 Å². The fourth-order valence-corrected chi connectivity index (χ4v) is 2.75. The van der Waals surface area contributed by atoms with Crippen LogP contribution in [0.4, 0.5) is 9.52 Å². The number of halogens is 1. The van der Waals surface area contributed by atoms with Gasteiger partial charge in [0.05, 0.1) is 12.2 Å². The van der Waals surface area contributed by atoms with Gasteiger partial charge in [-0.3, -0.25) is 4.99 Å². The van der Waals surface area contributed by atoms with E-state index < -0.39 is 0 Å². The van der Waals surface area contributed by atoms with Crippen molar-refractivity contribution in [2.45, 2.75) is 13.0 Å². The first kappa shape index (κ1) is 17.2. The lowest BCUT2D eigenvalue weighted by Gasteiger charge is -2.11. The number of thiazole rings is 1. The first-order valence-corrected chi connectivity index (χ1v) is 8.27. The topological polar surface area (TPSA) is 52.6 Å². The van der Waals surface area contributed by atoms with Gasteiger partial charge < -0.3 is 15.5 Å². The van der Waals surface area contributed by atoms with Crippen LogP contribution in [0.25, 0.3) is 0 Å². The third kappa shape index (κ3) is 5.52. The van der Waals surface area contributed by atoms with Crippen molar-refractivity contribution in [1.82, 2.24) is 15.6 Å². The van der Waals surface area contributed by atoms with Gasteiger partial charge in [0.1, 0.15) is 5.82 Å². The highest BCUT2D eigenvalue weighted by Crippen LogP contribution is 2.17. The molecule has 0 amide bonds. The summed E-state index contributed by atoms with van der Waals surface area (Å²) < 4.78 is 13.1. The molecule has 2 aromatic rings. The third-order valence-corrected chi connectivity index (χ3v) is 4.24. The Labute approximate surface area is 140 Å². The van der Waals surface area contributed by atoms with Gasteiger partial charge in [-0.2, -0.15) is 0 Å². The molecular formula is C16H22FN5S. The van der Waals surface area contributed by atoms with Gasteiger partial charge in [-0.25, -0.2) is 9.37 Å². The van der Waals surface area contributed by atoms with Crippen molar-refractivity contribution in [2.24, 2.45) is 4.99 Å². The lowest BCUT2D eigenvalue weighted by atomic mass is 10.1. The van der Waals surface area contributed by atoms with Crippen LogP contribution >= 0.6 is 11.3 Å². The Kier molecular flexibility index (Phi) is 6.34. The molecule has 124 valence electrons. The highest BCUT2D eigenvalue weighted by Gasteiger charge is 2.04. The van der Waals surface area contributed by atoms with Crippen molar-refractivity contribution in [3.63, 3.8) is 0 Å². The molecule has 0 atom stereocenters. The van der Waals surface area contributed by atoms with E-state index in [2.05, 4.69) is 20.6 Å². The zero-order chi connectivity index (χ0) is 16.7. The Balaban J connectivity index is 1.77. The average molecular weight is 335 g/mol. The summed E-state index contributed by atoms with van der Waals surface area (Å²) >= 11 is 1.61. The quantitative estimate of drug-likeness (QED) is 0.628. The number of hydrogen-bond acceptors (Lipinski definition) is 4.